The van der Waals surface area contributed by atoms with E-state index < -0.39 is 12.1 Å². The average Bonchev–Trinajstić information content (AvgIpc) is 2.46. The zero-order valence-electron chi connectivity index (χ0n) is 10.3. The van der Waals surface area contributed by atoms with Crippen LogP contribution in [-0.4, -0.2) is 17.4 Å². The van der Waals surface area contributed by atoms with Crippen molar-refractivity contribution >= 4 is 23.9 Å². The Bertz CT molecular complexity index is 625. The van der Waals surface area contributed by atoms with Crippen LogP contribution in [0.5, 0.6) is 5.75 Å². The fourth-order valence-corrected chi connectivity index (χ4v) is 1.94. The Kier molecular flexibility index (Phi) is 4.38. The lowest BCUT2D eigenvalue weighted by molar-refractivity contribution is -0.145. The number of hydrogen-bond acceptors (Lipinski definition) is 3. The topological polar surface area (TPSA) is 63.6 Å². The Hall–Kier alpha value is -2.33. The summed E-state index contributed by atoms with van der Waals surface area (Å²) >= 11 is 5.97. The molecule has 102 valence electrons. The molecule has 2 rings (SSSR count). The number of halogens is 1. The summed E-state index contributed by atoms with van der Waals surface area (Å²) in [6.07, 6.45) is -0.502. The van der Waals surface area contributed by atoms with E-state index in [2.05, 4.69) is 0 Å². The fourth-order valence-electron chi connectivity index (χ4n) is 1.70. The Morgan fingerprint density at radius 3 is 2.45 bits per heavy atom. The van der Waals surface area contributed by atoms with Crippen LogP contribution in [0, 0.1) is 0 Å². The number of carbonyl (C=O) groups excluding carboxylic acids is 1. The summed E-state index contributed by atoms with van der Waals surface area (Å²) in [6.45, 7) is 0. The molecule has 5 heteroatoms. The summed E-state index contributed by atoms with van der Waals surface area (Å²) in [4.78, 5) is 21.9. The predicted octanol–water partition coefficient (Wildman–Crippen LogP) is 3.36. The molecule has 0 heterocycles. The molecule has 0 fully saturated rings. The number of aldehydes is 1. The van der Waals surface area contributed by atoms with Crippen LogP contribution in [0.25, 0.3) is 0 Å². The molecule has 4 nitrogen and oxygen atoms in total. The van der Waals surface area contributed by atoms with Crippen LogP contribution in [0.15, 0.2) is 48.5 Å². The average molecular weight is 291 g/mol. The third kappa shape index (κ3) is 3.16. The molecule has 0 aliphatic heterocycles. The normalized spacial score (nSPS) is 11.7. The number of hydrogen-bond donors (Lipinski definition) is 1. The van der Waals surface area contributed by atoms with E-state index in [0.717, 1.165) is 0 Å². The van der Waals surface area contributed by atoms with Gasteiger partial charge in [0.1, 0.15) is 12.0 Å². The highest BCUT2D eigenvalue weighted by Gasteiger charge is 2.22. The van der Waals surface area contributed by atoms with Gasteiger partial charge in [0.2, 0.25) is 6.10 Å². The molecular weight excluding hydrogens is 280 g/mol. The van der Waals surface area contributed by atoms with Crippen molar-refractivity contribution < 1.29 is 19.4 Å². The van der Waals surface area contributed by atoms with Crippen LogP contribution < -0.4 is 4.74 Å². The van der Waals surface area contributed by atoms with Gasteiger partial charge in [-0.2, -0.15) is 0 Å². The van der Waals surface area contributed by atoms with Crippen molar-refractivity contribution in [3.8, 4) is 5.75 Å². The summed E-state index contributed by atoms with van der Waals surface area (Å²) in [5.74, 6) is -0.903. The molecule has 20 heavy (non-hydrogen) atoms. The summed E-state index contributed by atoms with van der Waals surface area (Å²) < 4.78 is 5.44. The second-order valence-electron chi connectivity index (χ2n) is 4.05. The maximum atomic E-state index is 11.3. The van der Waals surface area contributed by atoms with E-state index in [-0.39, 0.29) is 10.8 Å². The van der Waals surface area contributed by atoms with Gasteiger partial charge in [0.15, 0.2) is 0 Å². The summed E-state index contributed by atoms with van der Waals surface area (Å²) in [5.41, 5.74) is 0.907. The first-order chi connectivity index (χ1) is 9.61. The number of carboxylic acid groups (broad SMARTS) is 1. The predicted molar refractivity (Wildman–Crippen MR) is 74.3 cm³/mol. The fraction of sp³-hybridized carbons (Fsp3) is 0.0667. The van der Waals surface area contributed by atoms with E-state index in [0.29, 0.717) is 17.4 Å². The molecule has 1 unspecified atom stereocenters. The minimum absolute atomic E-state index is 0.191. The lowest BCUT2D eigenvalue weighted by Gasteiger charge is -2.16. The second-order valence-corrected chi connectivity index (χ2v) is 4.46. The molecule has 0 aliphatic rings. The quantitative estimate of drug-likeness (QED) is 0.858. The van der Waals surface area contributed by atoms with Crippen LogP contribution in [0.3, 0.4) is 0 Å². The van der Waals surface area contributed by atoms with Crippen molar-refractivity contribution in [2.75, 3.05) is 0 Å². The second kappa shape index (κ2) is 6.21. The molecule has 2 aromatic carbocycles. The minimum atomic E-state index is -1.16. The number of rotatable bonds is 5. The van der Waals surface area contributed by atoms with Gasteiger partial charge in [0, 0.05) is 11.1 Å². The molecule has 0 aromatic heterocycles. The summed E-state index contributed by atoms with van der Waals surface area (Å²) in [7, 11) is 0. The molecule has 0 radical (unpaired) electrons. The Labute approximate surface area is 120 Å². The molecule has 0 bridgehead atoms. The molecule has 1 N–H and O–H groups in total. The monoisotopic (exact) mass is 290 g/mol. The third-order valence-corrected chi connectivity index (χ3v) is 2.96. The maximum absolute atomic E-state index is 11.3. The van der Waals surface area contributed by atoms with Crippen molar-refractivity contribution in [3.63, 3.8) is 0 Å². The van der Waals surface area contributed by atoms with Crippen molar-refractivity contribution in [2.45, 2.75) is 6.10 Å². The van der Waals surface area contributed by atoms with E-state index in [1.54, 1.807) is 30.3 Å². The van der Waals surface area contributed by atoms with Gasteiger partial charge in [-0.3, -0.25) is 4.79 Å². The molecular formula is C15H11ClO4. The zero-order chi connectivity index (χ0) is 14.5. The number of ether oxygens (including phenoxy) is 1. The van der Waals surface area contributed by atoms with Gasteiger partial charge in [0.25, 0.3) is 0 Å². The molecule has 2 aromatic rings. The molecule has 1 atom stereocenters. The van der Waals surface area contributed by atoms with Gasteiger partial charge in [0.05, 0.1) is 5.02 Å². The van der Waals surface area contributed by atoms with Crippen molar-refractivity contribution in [1.82, 2.24) is 0 Å². The van der Waals surface area contributed by atoms with Crippen LogP contribution >= 0.6 is 11.6 Å². The summed E-state index contributed by atoms with van der Waals surface area (Å²) in [6, 6.07) is 13.0. The van der Waals surface area contributed by atoms with Crippen molar-refractivity contribution in [2.24, 2.45) is 0 Å². The van der Waals surface area contributed by atoms with E-state index in [4.69, 9.17) is 16.3 Å². The number of benzene rings is 2. The van der Waals surface area contributed by atoms with E-state index in [1.165, 1.54) is 18.2 Å². The molecule has 0 saturated carbocycles. The van der Waals surface area contributed by atoms with E-state index >= 15 is 0 Å². The van der Waals surface area contributed by atoms with Gasteiger partial charge in [-0.1, -0.05) is 41.9 Å². The Morgan fingerprint density at radius 1 is 1.20 bits per heavy atom. The smallest absolute Gasteiger partial charge is 0.349 e. The van der Waals surface area contributed by atoms with Crippen molar-refractivity contribution in [3.05, 3.63) is 64.7 Å². The minimum Gasteiger partial charge on any atom is -0.478 e. The highest BCUT2D eigenvalue weighted by atomic mass is 35.5. The Balaban J connectivity index is 2.30. The highest BCUT2D eigenvalue weighted by Crippen LogP contribution is 2.29. The standard InChI is InChI=1S/C15H11ClO4/c16-12-8-10(9-17)6-7-13(12)20-14(15(18)19)11-4-2-1-3-5-11/h1-9,14H,(H,18,19). The molecule has 0 spiro atoms. The largest absolute Gasteiger partial charge is 0.478 e. The third-order valence-electron chi connectivity index (χ3n) is 2.66. The van der Waals surface area contributed by atoms with E-state index in [1.807, 2.05) is 0 Å². The summed E-state index contributed by atoms with van der Waals surface area (Å²) in [5, 5.41) is 9.45. The number of carboxylic acids is 1. The lowest BCUT2D eigenvalue weighted by atomic mass is 10.1. The van der Waals surface area contributed by atoms with Gasteiger partial charge in [-0.05, 0) is 18.2 Å². The van der Waals surface area contributed by atoms with Crippen LogP contribution in [0.4, 0.5) is 0 Å². The number of carbonyl (C=O) groups is 2. The number of aliphatic carboxylic acids is 1. The Morgan fingerprint density at radius 2 is 1.90 bits per heavy atom. The van der Waals surface area contributed by atoms with Gasteiger partial charge < -0.3 is 9.84 Å². The van der Waals surface area contributed by atoms with Crippen LogP contribution in [0.2, 0.25) is 5.02 Å². The zero-order valence-corrected chi connectivity index (χ0v) is 11.1. The highest BCUT2D eigenvalue weighted by molar-refractivity contribution is 6.32. The molecule has 0 amide bonds. The SMILES string of the molecule is O=Cc1ccc(OC(C(=O)O)c2ccccc2)c(Cl)c1. The van der Waals surface area contributed by atoms with Crippen molar-refractivity contribution in [1.29, 1.82) is 0 Å². The van der Waals surface area contributed by atoms with Crippen LogP contribution in [-0.2, 0) is 4.79 Å². The first-order valence-corrected chi connectivity index (χ1v) is 6.18. The van der Waals surface area contributed by atoms with Gasteiger partial charge in [-0.15, -0.1) is 0 Å². The van der Waals surface area contributed by atoms with Gasteiger partial charge >= 0.3 is 5.97 Å². The lowest BCUT2D eigenvalue weighted by Crippen LogP contribution is -2.18. The first-order valence-electron chi connectivity index (χ1n) is 5.81. The van der Waals surface area contributed by atoms with E-state index in [9.17, 15) is 14.7 Å². The first kappa shape index (κ1) is 14.1. The maximum Gasteiger partial charge on any atom is 0.349 e. The van der Waals surface area contributed by atoms with Gasteiger partial charge in [-0.25, -0.2) is 4.79 Å². The van der Waals surface area contributed by atoms with Crippen LogP contribution in [0.1, 0.15) is 22.0 Å². The molecule has 0 aliphatic carbocycles. The molecule has 0 saturated heterocycles.